The molecule has 5 nitrogen and oxygen atoms in total. The molecule has 3 rings (SSSR count). The van der Waals surface area contributed by atoms with Crippen LogP contribution in [0.15, 0.2) is 29.4 Å². The molecule has 1 aliphatic carbocycles. The van der Waals surface area contributed by atoms with Crippen LogP contribution < -0.4 is 4.72 Å². The van der Waals surface area contributed by atoms with Crippen molar-refractivity contribution in [3.8, 4) is 0 Å². The van der Waals surface area contributed by atoms with Crippen LogP contribution in [0.5, 0.6) is 0 Å². The van der Waals surface area contributed by atoms with Crippen LogP contribution in [0.1, 0.15) is 32.6 Å². The molecule has 0 aromatic carbocycles. The molecular weight excluding hydrogens is 310 g/mol. The first kappa shape index (κ1) is 14.8. The van der Waals surface area contributed by atoms with Crippen molar-refractivity contribution in [3.05, 3.63) is 29.5 Å². The van der Waals surface area contributed by atoms with E-state index < -0.39 is 10.0 Å². The molecule has 2 atom stereocenters. The molecule has 0 spiro atoms. The molecule has 1 saturated carbocycles. The van der Waals surface area contributed by atoms with Gasteiger partial charge in [0.05, 0.1) is 0 Å². The molecule has 2 aromatic heterocycles. The van der Waals surface area contributed by atoms with E-state index in [-0.39, 0.29) is 16.2 Å². The van der Waals surface area contributed by atoms with Crippen molar-refractivity contribution in [2.75, 3.05) is 0 Å². The smallest absolute Gasteiger partial charge is 0.260 e. The minimum absolute atomic E-state index is 0.0116. The lowest BCUT2D eigenvalue weighted by Gasteiger charge is -2.27. The van der Waals surface area contributed by atoms with Crippen molar-refractivity contribution in [1.29, 1.82) is 0 Å². The minimum Gasteiger partial charge on any atom is -0.288 e. The maximum Gasteiger partial charge on any atom is 0.260 e. The van der Waals surface area contributed by atoms with Gasteiger partial charge in [-0.3, -0.25) is 4.40 Å². The maximum absolute atomic E-state index is 12.6. The van der Waals surface area contributed by atoms with E-state index in [0.29, 0.717) is 11.6 Å². The molecule has 1 N–H and O–H groups in total. The predicted molar refractivity (Wildman–Crippen MR) is 81.9 cm³/mol. The van der Waals surface area contributed by atoms with Gasteiger partial charge >= 0.3 is 0 Å². The molecule has 1 fully saturated rings. The summed E-state index contributed by atoms with van der Waals surface area (Å²) in [7, 11) is -3.68. The third kappa shape index (κ3) is 2.93. The molecule has 0 amide bonds. The van der Waals surface area contributed by atoms with E-state index in [1.807, 2.05) is 0 Å². The summed E-state index contributed by atoms with van der Waals surface area (Å²) < 4.78 is 29.6. The summed E-state index contributed by atoms with van der Waals surface area (Å²) in [6, 6.07) is 5.26. The largest absolute Gasteiger partial charge is 0.288 e. The average molecular weight is 328 g/mol. The fraction of sp³-hybridized carbons (Fsp3) is 0.500. The van der Waals surface area contributed by atoms with Gasteiger partial charge in [-0.15, -0.1) is 0 Å². The molecule has 2 heterocycles. The van der Waals surface area contributed by atoms with Crippen LogP contribution in [0.25, 0.3) is 5.65 Å². The highest BCUT2D eigenvalue weighted by atomic mass is 35.5. The highest BCUT2D eigenvalue weighted by molar-refractivity contribution is 7.89. The van der Waals surface area contributed by atoms with Gasteiger partial charge in [0.1, 0.15) is 5.65 Å². The van der Waals surface area contributed by atoms with Crippen molar-refractivity contribution in [1.82, 2.24) is 14.1 Å². The van der Waals surface area contributed by atoms with Crippen LogP contribution in [-0.2, 0) is 10.0 Å². The van der Waals surface area contributed by atoms with Crippen molar-refractivity contribution in [3.63, 3.8) is 0 Å². The number of hydrogen-bond donors (Lipinski definition) is 1. The zero-order chi connectivity index (χ0) is 15.0. The Balaban J connectivity index is 1.95. The zero-order valence-electron chi connectivity index (χ0n) is 11.8. The van der Waals surface area contributed by atoms with Gasteiger partial charge in [-0.25, -0.2) is 18.1 Å². The molecule has 0 bridgehead atoms. The number of hydrogen-bond acceptors (Lipinski definition) is 3. The number of pyridine rings is 1. The van der Waals surface area contributed by atoms with Crippen LogP contribution in [0.2, 0.25) is 5.15 Å². The van der Waals surface area contributed by atoms with Gasteiger partial charge in [-0.1, -0.05) is 37.4 Å². The first-order chi connectivity index (χ1) is 9.97. The quantitative estimate of drug-likeness (QED) is 0.942. The molecule has 114 valence electrons. The standard InChI is InChI=1S/C14H18ClN3O2S/c1-10-5-4-6-11(9-10)17-21(19,20)14-13(15)16-12-7-2-3-8-18(12)14/h2-3,7-8,10-11,17H,4-6,9H2,1H3. The number of nitrogens with zero attached hydrogens (tertiary/aromatic N) is 2. The molecule has 7 heteroatoms. The number of rotatable bonds is 3. The number of sulfonamides is 1. The first-order valence-electron chi connectivity index (χ1n) is 7.12. The van der Waals surface area contributed by atoms with Crippen LogP contribution >= 0.6 is 11.6 Å². The van der Waals surface area contributed by atoms with Gasteiger partial charge in [0.25, 0.3) is 10.0 Å². The number of imidazole rings is 1. The van der Waals surface area contributed by atoms with Gasteiger partial charge in [0.2, 0.25) is 0 Å². The molecule has 1 aliphatic rings. The van der Waals surface area contributed by atoms with Crippen molar-refractivity contribution in [2.24, 2.45) is 5.92 Å². The summed E-state index contributed by atoms with van der Waals surface area (Å²) >= 11 is 6.05. The molecular formula is C14H18ClN3O2S. The Bertz CT molecular complexity index is 757. The van der Waals surface area contributed by atoms with Gasteiger partial charge in [-0.2, -0.15) is 0 Å². The van der Waals surface area contributed by atoms with Gasteiger partial charge in [0.15, 0.2) is 10.2 Å². The summed E-state index contributed by atoms with van der Waals surface area (Å²) in [5.41, 5.74) is 0.528. The Morgan fingerprint density at radius 1 is 1.38 bits per heavy atom. The Labute approximate surface area is 129 Å². The van der Waals surface area contributed by atoms with Crippen molar-refractivity contribution < 1.29 is 8.42 Å². The second-order valence-electron chi connectivity index (χ2n) is 5.73. The molecule has 2 unspecified atom stereocenters. The zero-order valence-corrected chi connectivity index (χ0v) is 13.4. The highest BCUT2D eigenvalue weighted by Crippen LogP contribution is 2.27. The fourth-order valence-electron chi connectivity index (χ4n) is 3.00. The van der Waals surface area contributed by atoms with Crippen LogP contribution in [0.4, 0.5) is 0 Å². The van der Waals surface area contributed by atoms with Crippen molar-refractivity contribution in [2.45, 2.75) is 43.7 Å². The van der Waals surface area contributed by atoms with Gasteiger partial charge in [-0.05, 0) is 30.9 Å². The fourth-order valence-corrected chi connectivity index (χ4v) is 4.93. The van der Waals surface area contributed by atoms with E-state index >= 15 is 0 Å². The summed E-state index contributed by atoms with van der Waals surface area (Å²) in [6.45, 7) is 2.15. The van der Waals surface area contributed by atoms with Crippen molar-refractivity contribution >= 4 is 27.3 Å². The molecule has 0 radical (unpaired) electrons. The summed E-state index contributed by atoms with van der Waals surface area (Å²) in [5.74, 6) is 0.545. The lowest BCUT2D eigenvalue weighted by atomic mass is 9.88. The first-order valence-corrected chi connectivity index (χ1v) is 8.98. The Hall–Kier alpha value is -1.11. The lowest BCUT2D eigenvalue weighted by molar-refractivity contribution is 0.327. The molecule has 21 heavy (non-hydrogen) atoms. The maximum atomic E-state index is 12.6. The van der Waals surface area contributed by atoms with E-state index in [9.17, 15) is 8.42 Å². The van der Waals surface area contributed by atoms with Crippen LogP contribution in [0.3, 0.4) is 0 Å². The topological polar surface area (TPSA) is 63.5 Å². The van der Waals surface area contributed by atoms with Crippen LogP contribution in [0, 0.1) is 5.92 Å². The summed E-state index contributed by atoms with van der Waals surface area (Å²) in [5, 5.41) is 0.0375. The van der Waals surface area contributed by atoms with E-state index in [1.165, 1.54) is 4.40 Å². The number of nitrogens with one attached hydrogen (secondary N) is 1. The second-order valence-corrected chi connectivity index (χ2v) is 7.71. The highest BCUT2D eigenvalue weighted by Gasteiger charge is 2.29. The monoisotopic (exact) mass is 327 g/mol. The van der Waals surface area contributed by atoms with E-state index in [2.05, 4.69) is 16.6 Å². The molecule has 2 aromatic rings. The average Bonchev–Trinajstić information content (AvgIpc) is 2.74. The lowest BCUT2D eigenvalue weighted by Crippen LogP contribution is -2.38. The number of aromatic nitrogens is 2. The molecule has 0 saturated heterocycles. The number of fused-ring (bicyclic) bond motifs is 1. The summed E-state index contributed by atoms with van der Waals surface area (Å²) in [6.07, 6.45) is 5.61. The van der Waals surface area contributed by atoms with E-state index in [4.69, 9.17) is 11.6 Å². The third-order valence-corrected chi connectivity index (χ3v) is 5.88. The third-order valence-electron chi connectivity index (χ3n) is 3.96. The van der Waals surface area contributed by atoms with Crippen LogP contribution in [-0.4, -0.2) is 23.8 Å². The van der Waals surface area contributed by atoms with Gasteiger partial charge < -0.3 is 0 Å². The molecule has 0 aliphatic heterocycles. The van der Waals surface area contributed by atoms with E-state index in [1.54, 1.807) is 24.4 Å². The minimum atomic E-state index is -3.68. The Kier molecular flexibility index (Phi) is 3.94. The SMILES string of the molecule is CC1CCCC(NS(=O)(=O)c2c(Cl)nc3ccccn23)C1. The normalized spacial score (nSPS) is 23.5. The van der Waals surface area contributed by atoms with Gasteiger partial charge in [0, 0.05) is 12.2 Å². The number of halogens is 1. The Morgan fingerprint density at radius 2 is 2.19 bits per heavy atom. The second kappa shape index (κ2) is 5.59. The summed E-state index contributed by atoms with van der Waals surface area (Å²) in [4.78, 5) is 4.10. The van der Waals surface area contributed by atoms with E-state index in [0.717, 1.165) is 25.7 Å². The Morgan fingerprint density at radius 3 is 2.95 bits per heavy atom. The predicted octanol–water partition coefficient (Wildman–Crippen LogP) is 2.84.